The van der Waals surface area contributed by atoms with E-state index in [0.29, 0.717) is 0 Å². The van der Waals surface area contributed by atoms with Crippen LogP contribution in [0, 0.1) is 6.20 Å². The zero-order valence-corrected chi connectivity index (χ0v) is 9.77. The number of benzene rings is 1. The van der Waals surface area contributed by atoms with Gasteiger partial charge in [-0.05, 0) is 0 Å². The normalized spacial score (nSPS) is 7.73. The number of nitrogens with zero attached hydrogens (tertiary/aromatic N) is 2. The van der Waals surface area contributed by atoms with Gasteiger partial charge in [-0.15, -0.1) is 12.4 Å². The maximum atomic E-state index is 3.72. The standard InChI is InChI=1S/C6H5N.C5H4N.ClH.Fe/c7-6-4-2-1-3-5-6;1-2-4-6-5-3-1;;/h1-5H;1-4H;1H;/q;-1;;+1. The molecule has 1 aromatic carbocycles. The van der Waals surface area contributed by atoms with Gasteiger partial charge < -0.3 is 4.98 Å². The van der Waals surface area contributed by atoms with Crippen LogP contribution in [-0.4, -0.2) is 4.98 Å². The van der Waals surface area contributed by atoms with Gasteiger partial charge in [0.2, 0.25) is 0 Å². The number of hydrogen-bond acceptors (Lipinski definition) is 2. The van der Waals surface area contributed by atoms with Crippen LogP contribution in [0.3, 0.4) is 0 Å². The van der Waals surface area contributed by atoms with Gasteiger partial charge in [-0.2, -0.15) is 18.2 Å². The van der Waals surface area contributed by atoms with Crippen molar-refractivity contribution >= 4 is 18.1 Å². The average Bonchev–Trinajstić information content (AvgIpc) is 2.33. The SMILES string of the molecule is Cl.[Fe+]=[N]c1ccccc1.[c-]1ccccn1. The Bertz CT molecular complexity index is 327. The Labute approximate surface area is 104 Å². The molecule has 0 aliphatic rings. The third-order valence-corrected chi connectivity index (χ3v) is 1.65. The molecule has 0 N–H and O–H groups in total. The van der Waals surface area contributed by atoms with Crippen molar-refractivity contribution in [3.63, 3.8) is 0 Å². The number of halogens is 1. The molecule has 79 valence electrons. The molecule has 0 radical (unpaired) electrons. The molecular formula is C11H10ClFeN2. The first-order valence-electron chi connectivity index (χ1n) is 4.06. The largest absolute Gasteiger partial charge is 0.394 e. The summed E-state index contributed by atoms with van der Waals surface area (Å²) in [6.45, 7) is 0. The first kappa shape index (κ1) is 14.0. The predicted molar refractivity (Wildman–Crippen MR) is 58.9 cm³/mol. The second-order valence-electron chi connectivity index (χ2n) is 2.37. The van der Waals surface area contributed by atoms with E-state index in [0.717, 1.165) is 5.69 Å². The Balaban J connectivity index is 0.000000253. The van der Waals surface area contributed by atoms with Crippen LogP contribution in [0.4, 0.5) is 5.69 Å². The average molecular weight is 262 g/mol. The molecule has 0 bridgehead atoms. The summed E-state index contributed by atoms with van der Waals surface area (Å²) >= 11 is 3.38. The summed E-state index contributed by atoms with van der Waals surface area (Å²) in [6.07, 6.45) is 4.34. The Morgan fingerprint density at radius 2 is 1.80 bits per heavy atom. The Morgan fingerprint density at radius 3 is 2.07 bits per heavy atom. The Morgan fingerprint density at radius 1 is 1.07 bits per heavy atom. The summed E-state index contributed by atoms with van der Waals surface area (Å²) in [7, 11) is 0. The van der Waals surface area contributed by atoms with E-state index in [1.54, 1.807) is 12.3 Å². The monoisotopic (exact) mass is 261 g/mol. The van der Waals surface area contributed by atoms with Crippen molar-refractivity contribution in [2.75, 3.05) is 0 Å². The molecule has 0 aliphatic carbocycles. The van der Waals surface area contributed by atoms with E-state index in [9.17, 15) is 0 Å². The number of aromatic nitrogens is 1. The van der Waals surface area contributed by atoms with Crippen molar-refractivity contribution in [3.05, 3.63) is 60.9 Å². The Hall–Kier alpha value is -1.02. The quantitative estimate of drug-likeness (QED) is 0.571. The smallest absolute Gasteiger partial charge is 0.0813 e. The van der Waals surface area contributed by atoms with E-state index in [-0.39, 0.29) is 12.4 Å². The predicted octanol–water partition coefficient (Wildman–Crippen LogP) is 3.35. The molecule has 0 saturated heterocycles. The van der Waals surface area contributed by atoms with Crippen molar-refractivity contribution < 1.29 is 15.8 Å². The maximum Gasteiger partial charge on any atom is -0.0813 e. The van der Waals surface area contributed by atoms with E-state index in [1.165, 1.54) is 0 Å². The van der Waals surface area contributed by atoms with Crippen LogP contribution < -0.4 is 0 Å². The van der Waals surface area contributed by atoms with Gasteiger partial charge in [-0.3, -0.25) is 0 Å². The number of pyridine rings is 1. The molecule has 0 aliphatic heterocycles. The summed E-state index contributed by atoms with van der Waals surface area (Å²) in [4.78, 5) is 3.66. The van der Waals surface area contributed by atoms with Crippen LogP contribution in [0.25, 0.3) is 0 Å². The molecule has 1 heterocycles. The topological polar surface area (TPSA) is 25.2 Å². The van der Waals surface area contributed by atoms with E-state index >= 15 is 0 Å². The van der Waals surface area contributed by atoms with Crippen LogP contribution >= 0.6 is 12.4 Å². The van der Waals surface area contributed by atoms with Gasteiger partial charge in [-0.1, -0.05) is 12.4 Å². The van der Waals surface area contributed by atoms with E-state index < -0.39 is 0 Å². The molecule has 2 rings (SSSR count). The Kier molecular flexibility index (Phi) is 8.88. The van der Waals surface area contributed by atoms with Crippen LogP contribution in [0.5, 0.6) is 0 Å². The van der Waals surface area contributed by atoms with Gasteiger partial charge in [0.15, 0.2) is 0 Å². The van der Waals surface area contributed by atoms with E-state index in [1.807, 2.05) is 42.5 Å². The molecule has 1 aromatic heterocycles. The zero-order chi connectivity index (χ0) is 10.1. The molecule has 2 aromatic rings. The van der Waals surface area contributed by atoms with Crippen molar-refractivity contribution in [2.45, 2.75) is 0 Å². The summed E-state index contributed by atoms with van der Waals surface area (Å²) in [5, 5.41) is 0. The van der Waals surface area contributed by atoms with Crippen LogP contribution in [0.1, 0.15) is 0 Å². The fourth-order valence-corrected chi connectivity index (χ4v) is 0.923. The van der Waals surface area contributed by atoms with Crippen molar-refractivity contribution in [1.82, 2.24) is 4.98 Å². The molecule has 0 fully saturated rings. The van der Waals surface area contributed by atoms with Gasteiger partial charge in [0.25, 0.3) is 0 Å². The third-order valence-electron chi connectivity index (χ3n) is 1.36. The molecule has 15 heavy (non-hydrogen) atoms. The van der Waals surface area contributed by atoms with Gasteiger partial charge >= 0.3 is 55.8 Å². The van der Waals surface area contributed by atoms with Gasteiger partial charge in [0.1, 0.15) is 0 Å². The number of rotatable bonds is 1. The molecule has 0 spiro atoms. The minimum Gasteiger partial charge on any atom is -0.394 e. The molecule has 0 atom stereocenters. The van der Waals surface area contributed by atoms with Gasteiger partial charge in [-0.25, -0.2) is 0 Å². The van der Waals surface area contributed by atoms with Crippen molar-refractivity contribution in [2.24, 2.45) is 3.96 Å². The summed E-state index contributed by atoms with van der Waals surface area (Å²) in [6, 6.07) is 15.1. The summed E-state index contributed by atoms with van der Waals surface area (Å²) in [5.74, 6) is 0. The zero-order valence-electron chi connectivity index (χ0n) is 7.85. The molecular weight excluding hydrogens is 251 g/mol. The maximum absolute atomic E-state index is 3.72. The minimum atomic E-state index is 0. The fourth-order valence-electron chi connectivity index (χ4n) is 0.758. The van der Waals surface area contributed by atoms with Crippen LogP contribution in [0.15, 0.2) is 58.7 Å². The number of hydrogen-bond donors (Lipinski definition) is 0. The first-order chi connectivity index (χ1) is 6.93. The molecule has 0 saturated carbocycles. The van der Waals surface area contributed by atoms with Gasteiger partial charge in [0, 0.05) is 0 Å². The second kappa shape index (κ2) is 9.53. The third kappa shape index (κ3) is 6.97. The molecule has 4 heteroatoms. The van der Waals surface area contributed by atoms with Crippen molar-refractivity contribution in [1.29, 1.82) is 0 Å². The molecule has 0 unspecified atom stereocenters. The second-order valence-corrected chi connectivity index (χ2v) is 2.62. The van der Waals surface area contributed by atoms with Crippen LogP contribution in [0.2, 0.25) is 0 Å². The van der Waals surface area contributed by atoms with Crippen LogP contribution in [-0.2, 0) is 15.8 Å². The van der Waals surface area contributed by atoms with E-state index in [2.05, 4.69) is 31.0 Å². The van der Waals surface area contributed by atoms with Gasteiger partial charge in [0.05, 0.1) is 0 Å². The first-order valence-corrected chi connectivity index (χ1v) is 4.56. The summed E-state index contributed by atoms with van der Waals surface area (Å²) < 4.78 is 3.72. The minimum absolute atomic E-state index is 0. The molecule has 0 amide bonds. The molecule has 2 nitrogen and oxygen atoms in total. The van der Waals surface area contributed by atoms with E-state index in [4.69, 9.17) is 0 Å². The summed E-state index contributed by atoms with van der Waals surface area (Å²) in [5.41, 5.74) is 0.924. The van der Waals surface area contributed by atoms with Crippen molar-refractivity contribution in [3.8, 4) is 0 Å². The fraction of sp³-hybridized carbons (Fsp3) is 0.